The van der Waals surface area contributed by atoms with E-state index in [2.05, 4.69) is 196 Å². The predicted molar refractivity (Wildman–Crippen MR) is 351 cm³/mol. The first-order valence-corrected chi connectivity index (χ1v) is 31.6. The Morgan fingerprint density at radius 3 is 1.01 bits per heavy atom. The number of unbranched alkanes of at least 4 members (excludes halogenated alkanes) is 8. The van der Waals surface area contributed by atoms with E-state index in [9.17, 15) is 19.5 Å². The normalized spacial score (nSPS) is 14.1. The Morgan fingerprint density at radius 2 is 0.675 bits per heavy atom. The van der Waals surface area contributed by atoms with E-state index < -0.39 is 30.3 Å². The molecule has 0 fully saturated rings. The summed E-state index contributed by atoms with van der Waals surface area (Å²) in [5.41, 5.74) is 0. The summed E-state index contributed by atoms with van der Waals surface area (Å²) >= 11 is 0. The third-order valence-electron chi connectivity index (χ3n) is 12.4. The Kier molecular flexibility index (Phi) is 57.8. The van der Waals surface area contributed by atoms with Crippen LogP contribution in [-0.4, -0.2) is 82.3 Å². The van der Waals surface area contributed by atoms with Gasteiger partial charge in [0.05, 0.1) is 40.3 Å². The molecule has 0 radical (unpaired) electrons. The molecule has 0 heterocycles. The maximum Gasteiger partial charge on any atom is 0.306 e. The van der Waals surface area contributed by atoms with E-state index in [1.165, 1.54) is 25.7 Å². The lowest BCUT2D eigenvalue weighted by Gasteiger charge is -2.26. The number of carboxylic acid groups (broad SMARTS) is 1. The number of carbonyl (C=O) groups is 3. The van der Waals surface area contributed by atoms with Crippen molar-refractivity contribution in [1.29, 1.82) is 0 Å². The summed E-state index contributed by atoms with van der Waals surface area (Å²) in [4.78, 5) is 37.3. The predicted octanol–water partition coefficient (Wildman–Crippen LogP) is 18.1. The molecule has 0 N–H and O–H groups in total. The highest BCUT2D eigenvalue weighted by atomic mass is 16.7. The van der Waals surface area contributed by atoms with E-state index in [4.69, 9.17) is 18.9 Å². The lowest BCUT2D eigenvalue weighted by atomic mass is 10.1. The molecule has 0 aliphatic carbocycles. The minimum absolute atomic E-state index is 0.123. The van der Waals surface area contributed by atoms with Crippen molar-refractivity contribution in [3.63, 3.8) is 0 Å². The first kappa shape index (κ1) is 77.1. The molecule has 0 aliphatic rings. The number of nitrogens with zero attached hydrogens (tertiary/aromatic N) is 1. The fourth-order valence-corrected chi connectivity index (χ4v) is 7.59. The van der Waals surface area contributed by atoms with Gasteiger partial charge in [-0.3, -0.25) is 9.59 Å². The molecule has 83 heavy (non-hydrogen) atoms. The molecule has 0 bridgehead atoms. The number of hydrogen-bond donors (Lipinski definition) is 0. The second kappa shape index (κ2) is 62.2. The zero-order valence-electron chi connectivity index (χ0n) is 52.5. The Morgan fingerprint density at radius 1 is 0.361 bits per heavy atom. The number of carboxylic acids is 1. The number of quaternary nitrogens is 1. The van der Waals surface area contributed by atoms with Gasteiger partial charge in [0.15, 0.2) is 12.4 Å². The van der Waals surface area contributed by atoms with Gasteiger partial charge in [-0.1, -0.05) is 247 Å². The molecular weight excluding hydrogens is 1030 g/mol. The van der Waals surface area contributed by atoms with Gasteiger partial charge in [0.2, 0.25) is 0 Å². The average molecular weight is 1140 g/mol. The molecule has 0 spiro atoms. The van der Waals surface area contributed by atoms with E-state index >= 15 is 0 Å². The van der Waals surface area contributed by atoms with Gasteiger partial charge in [0.1, 0.15) is 13.2 Å². The van der Waals surface area contributed by atoms with Crippen molar-refractivity contribution >= 4 is 17.9 Å². The maximum atomic E-state index is 12.9. The van der Waals surface area contributed by atoms with Gasteiger partial charge in [-0.2, -0.15) is 0 Å². The lowest BCUT2D eigenvalue weighted by molar-refractivity contribution is -0.870. The molecule has 0 aliphatic heterocycles. The van der Waals surface area contributed by atoms with E-state index in [-0.39, 0.29) is 32.7 Å². The summed E-state index contributed by atoms with van der Waals surface area (Å²) in [5.74, 6) is -2.43. The van der Waals surface area contributed by atoms with Crippen LogP contribution in [0.5, 0.6) is 0 Å². The summed E-state index contributed by atoms with van der Waals surface area (Å²) in [7, 11) is 5.88. The lowest BCUT2D eigenvalue weighted by Crippen LogP contribution is -2.44. The van der Waals surface area contributed by atoms with Crippen LogP contribution in [0.4, 0.5) is 0 Å². The highest BCUT2D eigenvalue weighted by Gasteiger charge is 2.21. The second-order valence-corrected chi connectivity index (χ2v) is 21.2. The van der Waals surface area contributed by atoms with Crippen LogP contribution in [0, 0.1) is 0 Å². The third-order valence-corrected chi connectivity index (χ3v) is 12.4. The Balaban J connectivity index is 4.30. The molecule has 0 rings (SSSR count). The number of esters is 2. The van der Waals surface area contributed by atoms with Crippen molar-refractivity contribution < 1.29 is 42.9 Å². The Bertz CT molecular complexity index is 2060. The molecule has 2 unspecified atom stereocenters. The van der Waals surface area contributed by atoms with Gasteiger partial charge in [0.25, 0.3) is 0 Å². The smallest absolute Gasteiger partial charge is 0.306 e. The second-order valence-electron chi connectivity index (χ2n) is 21.2. The summed E-state index contributed by atoms with van der Waals surface area (Å²) < 4.78 is 22.6. The fraction of sp³-hybridized carbons (Fsp3) is 0.527. The number of ether oxygens (including phenoxy) is 4. The van der Waals surface area contributed by atoms with Crippen molar-refractivity contribution in [3.05, 3.63) is 194 Å². The van der Waals surface area contributed by atoms with E-state index in [0.717, 1.165) is 128 Å². The molecule has 9 nitrogen and oxygen atoms in total. The first-order chi connectivity index (χ1) is 40.6. The van der Waals surface area contributed by atoms with Gasteiger partial charge in [0, 0.05) is 12.8 Å². The third kappa shape index (κ3) is 63.6. The van der Waals surface area contributed by atoms with Crippen molar-refractivity contribution in [3.8, 4) is 0 Å². The highest BCUT2D eigenvalue weighted by molar-refractivity contribution is 5.70. The molecule has 0 amide bonds. The summed E-state index contributed by atoms with van der Waals surface area (Å²) in [5, 5.41) is 11.8. The van der Waals surface area contributed by atoms with E-state index in [1.54, 1.807) is 0 Å². The van der Waals surface area contributed by atoms with Crippen LogP contribution in [-0.2, 0) is 33.3 Å². The van der Waals surface area contributed by atoms with Gasteiger partial charge >= 0.3 is 11.9 Å². The first-order valence-electron chi connectivity index (χ1n) is 31.6. The quantitative estimate of drug-likeness (QED) is 0.0195. The molecular formula is C74H113NO8. The van der Waals surface area contributed by atoms with Gasteiger partial charge in [-0.15, -0.1) is 0 Å². The Labute approximate surface area is 506 Å². The molecule has 9 heteroatoms. The minimum atomic E-state index is -1.65. The van der Waals surface area contributed by atoms with Crippen LogP contribution < -0.4 is 5.11 Å². The van der Waals surface area contributed by atoms with Crippen molar-refractivity contribution in [2.45, 2.75) is 206 Å². The zero-order chi connectivity index (χ0) is 60.5. The zero-order valence-corrected chi connectivity index (χ0v) is 52.5. The fourth-order valence-electron chi connectivity index (χ4n) is 7.59. The molecule has 0 saturated heterocycles. The minimum Gasteiger partial charge on any atom is -0.545 e. The number of likely N-dealkylation sites (N-methyl/N-ethyl adjacent to an activating group) is 1. The molecule has 0 aromatic heterocycles. The van der Waals surface area contributed by atoms with Gasteiger partial charge < -0.3 is 33.3 Å². The highest BCUT2D eigenvalue weighted by Crippen LogP contribution is 2.13. The van der Waals surface area contributed by atoms with Gasteiger partial charge in [-0.25, -0.2) is 0 Å². The van der Waals surface area contributed by atoms with E-state index in [1.807, 2.05) is 33.3 Å². The Hall–Kier alpha value is -5.87. The van der Waals surface area contributed by atoms with Crippen LogP contribution in [0.1, 0.15) is 194 Å². The molecule has 0 aromatic rings. The van der Waals surface area contributed by atoms with Crippen LogP contribution in [0.3, 0.4) is 0 Å². The molecule has 2 atom stereocenters. The summed E-state index contributed by atoms with van der Waals surface area (Å²) in [6.45, 7) is 4.38. The van der Waals surface area contributed by atoms with E-state index in [0.29, 0.717) is 23.9 Å². The summed E-state index contributed by atoms with van der Waals surface area (Å²) in [6, 6.07) is 0. The van der Waals surface area contributed by atoms with Crippen LogP contribution in [0.25, 0.3) is 0 Å². The molecule has 0 aromatic carbocycles. The number of hydrogen-bond acceptors (Lipinski definition) is 8. The number of aliphatic carboxylic acids is 1. The molecule has 462 valence electrons. The topological polar surface area (TPSA) is 111 Å². The SMILES string of the molecule is CC/C=C\C/C=C\C/C=C\C/C=C\C/C=C\C/C=C\C/C=C\C/C=C\C/C=C\C/C=C\CCCCCCCCCCC(=O)OC(COC(=O)CC/C=C\C/C=C\C/C=C\C/C=C\C/C=C\C/C=C\CC)COC(OCC[N+](C)(C)C)C(=O)[O-]. The monoisotopic (exact) mass is 1140 g/mol. The average Bonchev–Trinajstić information content (AvgIpc) is 3.46. The number of carbonyl (C=O) groups excluding carboxylic acids is 3. The van der Waals surface area contributed by atoms with Crippen LogP contribution in [0.15, 0.2) is 194 Å². The van der Waals surface area contributed by atoms with Crippen molar-refractivity contribution in [2.24, 2.45) is 0 Å². The van der Waals surface area contributed by atoms with Crippen molar-refractivity contribution in [1.82, 2.24) is 0 Å². The molecule has 0 saturated carbocycles. The van der Waals surface area contributed by atoms with Crippen LogP contribution in [0.2, 0.25) is 0 Å². The number of allylic oxidation sites excluding steroid dienone is 32. The van der Waals surface area contributed by atoms with Gasteiger partial charge in [-0.05, 0) is 128 Å². The standard InChI is InChI=1S/C74H113NO8/c1-6-8-10-12-14-16-18-20-22-24-26-27-28-29-30-31-32-33-34-35-36-37-38-39-40-41-42-43-44-45-47-49-51-53-55-57-59-61-63-65-72(77)83-70(69-82-74(73(78)79)80-67-66-75(3,4)5)68-81-71(76)64-62-60-58-56-54-52-50-48-46-25-23-21-19-17-15-13-11-9-7-2/h8-11,14-17,20-23,26-27,29-30,32-33,35-36,38-39,41-42,44-46,48,52,54,58,60,70,74H,6-7,12-13,18-19,24-25,28,31,34,37,40,43,47,49-51,53,55-57,59,61-69H2,1-5H3/b10-8-,11-9-,16-14-,17-15-,22-20-,23-21-,27-26-,30-29-,33-32-,36-35-,39-38-,42-41-,45-44-,48-46-,54-52-,60-58-. The summed E-state index contributed by atoms with van der Waals surface area (Å²) in [6.07, 6.45) is 93.7. The largest absolute Gasteiger partial charge is 0.545 e. The number of rotatable bonds is 55. The van der Waals surface area contributed by atoms with Crippen molar-refractivity contribution in [2.75, 3.05) is 47.5 Å². The van der Waals surface area contributed by atoms with Crippen LogP contribution >= 0.6 is 0 Å². The maximum absolute atomic E-state index is 12.9.